The molecule has 0 aliphatic heterocycles. The molecule has 17 heavy (non-hydrogen) atoms. The van der Waals surface area contributed by atoms with E-state index in [-0.39, 0.29) is 12.2 Å². The third kappa shape index (κ3) is 2.68. The highest BCUT2D eigenvalue weighted by atomic mass is 35.5. The zero-order valence-corrected chi connectivity index (χ0v) is 10.7. The molecule has 0 aliphatic carbocycles. The molecule has 1 heterocycles. The van der Waals surface area contributed by atoms with Crippen LogP contribution in [0.3, 0.4) is 0 Å². The van der Waals surface area contributed by atoms with Gasteiger partial charge in [0.2, 0.25) is 0 Å². The summed E-state index contributed by atoms with van der Waals surface area (Å²) < 4.78 is 1.59. The Bertz CT molecular complexity index is 563. The van der Waals surface area contributed by atoms with Gasteiger partial charge >= 0.3 is 0 Å². The first kappa shape index (κ1) is 12.1. The molecular formula is C12H10Cl2N2O. The molecule has 88 valence electrons. The van der Waals surface area contributed by atoms with E-state index >= 15 is 0 Å². The predicted molar refractivity (Wildman–Crippen MR) is 67.7 cm³/mol. The molecule has 0 amide bonds. The molecule has 0 bridgehead atoms. The fraction of sp³-hybridized carbons (Fsp3) is 0.167. The van der Waals surface area contributed by atoms with Gasteiger partial charge in [-0.05, 0) is 11.6 Å². The Kier molecular flexibility index (Phi) is 3.50. The second kappa shape index (κ2) is 4.90. The highest BCUT2D eigenvalue weighted by Crippen LogP contribution is 2.26. The van der Waals surface area contributed by atoms with Gasteiger partial charge in [-0.15, -0.1) is 0 Å². The highest BCUT2D eigenvalue weighted by molar-refractivity contribution is 6.42. The van der Waals surface area contributed by atoms with E-state index in [9.17, 15) is 4.79 Å². The summed E-state index contributed by atoms with van der Waals surface area (Å²) in [7, 11) is 1.77. The van der Waals surface area contributed by atoms with E-state index in [2.05, 4.69) is 5.10 Å². The van der Waals surface area contributed by atoms with Crippen LogP contribution in [0.1, 0.15) is 15.9 Å². The second-order valence-electron chi connectivity index (χ2n) is 3.72. The van der Waals surface area contributed by atoms with Gasteiger partial charge in [0.1, 0.15) is 0 Å². The van der Waals surface area contributed by atoms with Crippen LogP contribution < -0.4 is 0 Å². The summed E-state index contributed by atoms with van der Waals surface area (Å²) >= 11 is 11.9. The summed E-state index contributed by atoms with van der Waals surface area (Å²) in [6.07, 6.45) is 3.45. The molecule has 0 spiro atoms. The maximum absolute atomic E-state index is 11.9. The van der Waals surface area contributed by atoms with Crippen LogP contribution >= 0.6 is 23.2 Å². The largest absolute Gasteiger partial charge is 0.294 e. The quantitative estimate of drug-likeness (QED) is 0.802. The summed E-state index contributed by atoms with van der Waals surface area (Å²) in [5.41, 5.74) is 1.30. The number of Topliss-reactive ketones (excluding diaryl/α,β-unsaturated/α-hetero) is 1. The van der Waals surface area contributed by atoms with Crippen molar-refractivity contribution in [1.29, 1.82) is 0 Å². The number of nitrogens with zero attached hydrogens (tertiary/aromatic N) is 2. The third-order valence-corrected chi connectivity index (χ3v) is 3.27. The number of hydrogen-bond acceptors (Lipinski definition) is 2. The third-order valence-electron chi connectivity index (χ3n) is 2.41. The average Bonchev–Trinajstić information content (AvgIpc) is 2.72. The fourth-order valence-corrected chi connectivity index (χ4v) is 1.91. The van der Waals surface area contributed by atoms with Crippen molar-refractivity contribution in [2.24, 2.45) is 7.05 Å². The SMILES string of the molecule is Cn1cc(C(=O)Cc2cccc(Cl)c2Cl)cn1. The number of carbonyl (C=O) groups is 1. The lowest BCUT2D eigenvalue weighted by Crippen LogP contribution is -2.03. The Morgan fingerprint density at radius 3 is 2.82 bits per heavy atom. The van der Waals surface area contributed by atoms with Gasteiger partial charge in [-0.25, -0.2) is 0 Å². The van der Waals surface area contributed by atoms with Crippen molar-refractivity contribution in [3.8, 4) is 0 Å². The Labute approximate surface area is 109 Å². The van der Waals surface area contributed by atoms with E-state index in [0.717, 1.165) is 5.56 Å². The summed E-state index contributed by atoms with van der Waals surface area (Å²) in [5.74, 6) is -0.0257. The monoisotopic (exact) mass is 268 g/mol. The number of ketones is 1. The molecule has 0 unspecified atom stereocenters. The van der Waals surface area contributed by atoms with E-state index < -0.39 is 0 Å². The van der Waals surface area contributed by atoms with E-state index in [1.165, 1.54) is 0 Å². The molecule has 0 radical (unpaired) electrons. The molecule has 0 atom stereocenters. The van der Waals surface area contributed by atoms with Crippen LogP contribution in [0, 0.1) is 0 Å². The number of aryl methyl sites for hydroxylation is 1. The van der Waals surface area contributed by atoms with Gasteiger partial charge in [0, 0.05) is 19.7 Å². The minimum absolute atomic E-state index is 0.0257. The number of halogens is 2. The van der Waals surface area contributed by atoms with Crippen molar-refractivity contribution in [1.82, 2.24) is 9.78 Å². The molecule has 0 fully saturated rings. The standard InChI is InChI=1S/C12H10Cl2N2O/c1-16-7-9(6-15-16)11(17)5-8-3-2-4-10(13)12(8)14/h2-4,6-7H,5H2,1H3. The molecule has 3 nitrogen and oxygen atoms in total. The Morgan fingerprint density at radius 2 is 2.18 bits per heavy atom. The molecule has 0 saturated carbocycles. The van der Waals surface area contributed by atoms with Crippen LogP contribution in [0.25, 0.3) is 0 Å². The van der Waals surface area contributed by atoms with Gasteiger partial charge in [0.25, 0.3) is 0 Å². The lowest BCUT2D eigenvalue weighted by Gasteiger charge is -2.03. The molecule has 5 heteroatoms. The van der Waals surface area contributed by atoms with Crippen molar-refractivity contribution in [3.63, 3.8) is 0 Å². The van der Waals surface area contributed by atoms with Crippen LogP contribution in [-0.2, 0) is 13.5 Å². The van der Waals surface area contributed by atoms with Crippen LogP contribution in [0.5, 0.6) is 0 Å². The summed E-state index contributed by atoms with van der Waals surface area (Å²) in [5, 5.41) is 4.85. The molecule has 0 N–H and O–H groups in total. The highest BCUT2D eigenvalue weighted by Gasteiger charge is 2.12. The zero-order chi connectivity index (χ0) is 12.4. The predicted octanol–water partition coefficient (Wildman–Crippen LogP) is 3.15. The van der Waals surface area contributed by atoms with Crippen molar-refractivity contribution in [2.75, 3.05) is 0 Å². The summed E-state index contributed by atoms with van der Waals surface area (Å²) in [6.45, 7) is 0. The second-order valence-corrected chi connectivity index (χ2v) is 4.50. The number of hydrogen-bond donors (Lipinski definition) is 0. The van der Waals surface area contributed by atoms with E-state index in [1.54, 1.807) is 42.3 Å². The first-order valence-electron chi connectivity index (χ1n) is 5.02. The topological polar surface area (TPSA) is 34.9 Å². The molecule has 0 aliphatic rings. The summed E-state index contributed by atoms with van der Waals surface area (Å²) in [6, 6.07) is 5.27. The van der Waals surface area contributed by atoms with E-state index in [0.29, 0.717) is 15.6 Å². The van der Waals surface area contributed by atoms with Crippen LogP contribution in [0.4, 0.5) is 0 Å². The molecule has 0 saturated heterocycles. The average molecular weight is 269 g/mol. The van der Waals surface area contributed by atoms with Gasteiger partial charge in [0.05, 0.1) is 21.8 Å². The minimum atomic E-state index is -0.0257. The van der Waals surface area contributed by atoms with Gasteiger partial charge < -0.3 is 0 Å². The summed E-state index contributed by atoms with van der Waals surface area (Å²) in [4.78, 5) is 11.9. The Balaban J connectivity index is 2.21. The van der Waals surface area contributed by atoms with Gasteiger partial charge in [-0.3, -0.25) is 9.48 Å². The Morgan fingerprint density at radius 1 is 1.41 bits per heavy atom. The van der Waals surface area contributed by atoms with Crippen molar-refractivity contribution in [3.05, 3.63) is 51.8 Å². The number of rotatable bonds is 3. The van der Waals surface area contributed by atoms with Crippen molar-refractivity contribution >= 4 is 29.0 Å². The van der Waals surface area contributed by atoms with E-state index in [4.69, 9.17) is 23.2 Å². The fourth-order valence-electron chi connectivity index (χ4n) is 1.53. The maximum atomic E-state index is 11.9. The van der Waals surface area contributed by atoms with Crippen LogP contribution in [0.15, 0.2) is 30.6 Å². The van der Waals surface area contributed by atoms with Crippen molar-refractivity contribution in [2.45, 2.75) is 6.42 Å². The lowest BCUT2D eigenvalue weighted by atomic mass is 10.1. The van der Waals surface area contributed by atoms with Gasteiger partial charge in [-0.2, -0.15) is 5.10 Å². The van der Waals surface area contributed by atoms with Crippen LogP contribution in [0.2, 0.25) is 10.0 Å². The minimum Gasteiger partial charge on any atom is -0.294 e. The van der Waals surface area contributed by atoms with Crippen molar-refractivity contribution < 1.29 is 4.79 Å². The maximum Gasteiger partial charge on any atom is 0.170 e. The molecule has 2 aromatic rings. The van der Waals surface area contributed by atoms with E-state index in [1.807, 2.05) is 0 Å². The molecule has 2 rings (SSSR count). The molecular weight excluding hydrogens is 259 g/mol. The van der Waals surface area contributed by atoms with Gasteiger partial charge in [0.15, 0.2) is 5.78 Å². The normalized spacial score (nSPS) is 10.5. The smallest absolute Gasteiger partial charge is 0.170 e. The van der Waals surface area contributed by atoms with Gasteiger partial charge in [-0.1, -0.05) is 35.3 Å². The Hall–Kier alpha value is -1.32. The molecule has 1 aromatic carbocycles. The first-order chi connectivity index (χ1) is 8.08. The number of aromatic nitrogens is 2. The lowest BCUT2D eigenvalue weighted by molar-refractivity contribution is 0.0993. The number of carbonyl (C=O) groups excluding carboxylic acids is 1. The van der Waals surface area contributed by atoms with Crippen LogP contribution in [-0.4, -0.2) is 15.6 Å². The zero-order valence-electron chi connectivity index (χ0n) is 9.15. The molecule has 1 aromatic heterocycles. The number of benzene rings is 1. The first-order valence-corrected chi connectivity index (χ1v) is 5.78.